The third-order valence-corrected chi connectivity index (χ3v) is 12.5. The Bertz CT molecular complexity index is 1130. The third-order valence-electron chi connectivity index (χ3n) is 12.5. The molecule has 7 heteroatoms. The lowest BCUT2D eigenvalue weighted by molar-refractivity contribution is -0.132. The predicted molar refractivity (Wildman–Crippen MR) is 162 cm³/mol. The monoisotopic (exact) mass is 564 g/mol. The van der Waals surface area contributed by atoms with Crippen LogP contribution < -0.4 is 9.64 Å². The summed E-state index contributed by atoms with van der Waals surface area (Å²) in [6.07, 6.45) is 15.4. The molecule has 6 rings (SSSR count). The van der Waals surface area contributed by atoms with Crippen molar-refractivity contribution in [3.63, 3.8) is 0 Å². The number of piperazine rings is 1. The Morgan fingerprint density at radius 2 is 1.93 bits per heavy atom. The Hall–Kier alpha value is -2.15. The van der Waals surface area contributed by atoms with Crippen LogP contribution in [0.4, 0.5) is 5.82 Å². The van der Waals surface area contributed by atoms with Crippen LogP contribution in [0.1, 0.15) is 91.9 Å². The molecule has 1 amide bonds. The molecule has 4 aliphatic carbocycles. The van der Waals surface area contributed by atoms with Gasteiger partial charge in [-0.25, -0.2) is 4.98 Å². The van der Waals surface area contributed by atoms with Gasteiger partial charge in [-0.1, -0.05) is 32.4 Å². The summed E-state index contributed by atoms with van der Waals surface area (Å²) in [5.41, 5.74) is 2.28. The first-order chi connectivity index (χ1) is 19.7. The zero-order valence-electron chi connectivity index (χ0n) is 25.9. The molecular weight excluding hydrogens is 512 g/mol. The minimum Gasteiger partial charge on any atom is -0.464 e. The Morgan fingerprint density at radius 1 is 1.12 bits per heavy atom. The lowest BCUT2D eigenvalue weighted by atomic mass is 9.47. The van der Waals surface area contributed by atoms with Crippen LogP contribution >= 0.6 is 0 Å². The summed E-state index contributed by atoms with van der Waals surface area (Å²) in [6, 6.07) is 2.34. The summed E-state index contributed by atoms with van der Waals surface area (Å²) in [4.78, 5) is 26.3. The second-order valence-electron chi connectivity index (χ2n) is 14.4. The van der Waals surface area contributed by atoms with Gasteiger partial charge in [0.05, 0.1) is 12.7 Å². The minimum absolute atomic E-state index is 0.129. The molecular formula is C34H52N4O3. The van der Waals surface area contributed by atoms with Crippen LogP contribution in [0.3, 0.4) is 0 Å². The van der Waals surface area contributed by atoms with Crippen LogP contribution in [-0.2, 0) is 4.79 Å². The van der Waals surface area contributed by atoms with E-state index in [0.717, 1.165) is 81.4 Å². The number of hydrogen-bond acceptors (Lipinski definition) is 6. The fraction of sp³-hybridized carbons (Fsp3) is 0.794. The van der Waals surface area contributed by atoms with Gasteiger partial charge in [0.1, 0.15) is 5.82 Å². The average molecular weight is 565 g/mol. The number of nitrogens with zero attached hydrogens (tertiary/aromatic N) is 4. The second-order valence-corrected chi connectivity index (χ2v) is 14.4. The topological polar surface area (TPSA) is 78.8 Å². The summed E-state index contributed by atoms with van der Waals surface area (Å²) in [5.74, 6) is 4.89. The average Bonchev–Trinajstić information content (AvgIpc) is 3.34. The van der Waals surface area contributed by atoms with Crippen molar-refractivity contribution < 1.29 is 14.6 Å². The molecule has 8 atom stereocenters. The van der Waals surface area contributed by atoms with Crippen LogP contribution in [0.15, 0.2) is 23.9 Å². The third kappa shape index (κ3) is 5.29. The van der Waals surface area contributed by atoms with Gasteiger partial charge in [0, 0.05) is 38.8 Å². The smallest absolute Gasteiger partial charge is 0.318 e. The van der Waals surface area contributed by atoms with Gasteiger partial charge in [0.2, 0.25) is 5.91 Å². The highest BCUT2D eigenvalue weighted by Gasteiger charge is 2.59. The van der Waals surface area contributed by atoms with Gasteiger partial charge in [-0.15, -0.1) is 0 Å². The second kappa shape index (κ2) is 11.5. The van der Waals surface area contributed by atoms with E-state index in [9.17, 15) is 9.90 Å². The zero-order valence-corrected chi connectivity index (χ0v) is 25.9. The number of fused-ring (bicyclic) bond motifs is 5. The molecule has 1 aliphatic heterocycles. The summed E-state index contributed by atoms with van der Waals surface area (Å²) in [7, 11) is 0. The highest BCUT2D eigenvalue weighted by atomic mass is 16.5. The van der Waals surface area contributed by atoms with E-state index in [2.05, 4.69) is 46.6 Å². The molecule has 1 saturated heterocycles. The maximum atomic E-state index is 13.3. The number of allylic oxidation sites excluding steroid dienone is 1. The van der Waals surface area contributed by atoms with Crippen LogP contribution in [0.25, 0.3) is 0 Å². The summed E-state index contributed by atoms with van der Waals surface area (Å²) in [5, 5.41) is 10.3. The molecule has 0 spiro atoms. The fourth-order valence-corrected chi connectivity index (χ4v) is 10.2. The number of amides is 1. The van der Waals surface area contributed by atoms with Crippen LogP contribution in [0, 0.1) is 40.4 Å². The van der Waals surface area contributed by atoms with E-state index < -0.39 is 0 Å². The van der Waals surface area contributed by atoms with Gasteiger partial charge in [-0.2, -0.15) is 4.98 Å². The maximum absolute atomic E-state index is 13.3. The molecule has 3 saturated carbocycles. The first-order valence-electron chi connectivity index (χ1n) is 16.6. The number of aliphatic hydroxyl groups excluding tert-OH is 1. The molecule has 4 fully saturated rings. The van der Waals surface area contributed by atoms with Crippen molar-refractivity contribution in [2.75, 3.05) is 37.7 Å². The van der Waals surface area contributed by atoms with Crippen LogP contribution in [0.5, 0.6) is 6.01 Å². The summed E-state index contributed by atoms with van der Waals surface area (Å²) >= 11 is 0. The molecule has 41 heavy (non-hydrogen) atoms. The lowest BCUT2D eigenvalue weighted by Gasteiger charge is -2.58. The van der Waals surface area contributed by atoms with Gasteiger partial charge in [-0.3, -0.25) is 4.79 Å². The van der Waals surface area contributed by atoms with Crippen molar-refractivity contribution in [1.29, 1.82) is 0 Å². The number of ether oxygens (including phenoxy) is 1. The van der Waals surface area contributed by atoms with Gasteiger partial charge < -0.3 is 19.6 Å². The minimum atomic E-state index is -0.129. The van der Waals surface area contributed by atoms with E-state index in [0.29, 0.717) is 41.7 Å². The van der Waals surface area contributed by atoms with Crippen molar-refractivity contribution in [1.82, 2.24) is 14.9 Å². The molecule has 7 nitrogen and oxygen atoms in total. The number of carbonyl (C=O) groups is 1. The van der Waals surface area contributed by atoms with Gasteiger partial charge in [0.25, 0.3) is 0 Å². The van der Waals surface area contributed by atoms with Gasteiger partial charge >= 0.3 is 6.01 Å². The van der Waals surface area contributed by atoms with E-state index in [1.165, 1.54) is 32.1 Å². The Labute approximate surface area is 247 Å². The first-order valence-corrected chi connectivity index (χ1v) is 16.6. The van der Waals surface area contributed by atoms with E-state index in [-0.39, 0.29) is 6.10 Å². The summed E-state index contributed by atoms with van der Waals surface area (Å²) < 4.78 is 5.46. The quantitative estimate of drug-likeness (QED) is 0.417. The molecule has 0 aromatic carbocycles. The molecule has 0 bridgehead atoms. The number of hydrogen-bond donors (Lipinski definition) is 1. The van der Waals surface area contributed by atoms with E-state index in [1.807, 2.05) is 13.0 Å². The largest absolute Gasteiger partial charge is 0.464 e. The molecule has 1 N–H and O–H groups in total. The predicted octanol–water partition coefficient (Wildman–Crippen LogP) is 5.88. The molecule has 0 radical (unpaired) electrons. The number of rotatable bonds is 7. The Balaban J connectivity index is 1.02. The molecule has 1 aromatic heterocycles. The number of aromatic nitrogens is 2. The molecule has 5 aliphatic rings. The van der Waals surface area contributed by atoms with Gasteiger partial charge in [-0.05, 0) is 111 Å². The number of carbonyl (C=O) groups excluding carboxylic acids is 1. The zero-order chi connectivity index (χ0) is 28.8. The van der Waals surface area contributed by atoms with Crippen molar-refractivity contribution >= 4 is 11.7 Å². The fourth-order valence-electron chi connectivity index (χ4n) is 10.2. The van der Waals surface area contributed by atoms with Crippen molar-refractivity contribution in [3.05, 3.63) is 23.9 Å². The number of aliphatic hydroxyl groups is 1. The highest BCUT2D eigenvalue weighted by molar-refractivity contribution is 5.76. The molecule has 226 valence electrons. The van der Waals surface area contributed by atoms with E-state index in [4.69, 9.17) is 4.74 Å². The normalized spacial score (nSPS) is 37.5. The summed E-state index contributed by atoms with van der Waals surface area (Å²) in [6.45, 7) is 13.1. The van der Waals surface area contributed by atoms with Crippen LogP contribution in [0.2, 0.25) is 0 Å². The van der Waals surface area contributed by atoms with E-state index >= 15 is 0 Å². The van der Waals surface area contributed by atoms with Crippen molar-refractivity contribution in [3.8, 4) is 6.01 Å². The first kappa shape index (κ1) is 28.9. The van der Waals surface area contributed by atoms with Crippen LogP contribution in [-0.4, -0.2) is 64.8 Å². The van der Waals surface area contributed by atoms with Crippen molar-refractivity contribution in [2.24, 2.45) is 40.4 Å². The highest BCUT2D eigenvalue weighted by Crippen LogP contribution is 2.67. The van der Waals surface area contributed by atoms with Crippen molar-refractivity contribution in [2.45, 2.75) is 98.0 Å². The molecule has 1 aromatic rings. The molecule has 2 heterocycles. The molecule has 0 unspecified atom stereocenters. The number of anilines is 1. The Kier molecular flexibility index (Phi) is 8.12. The van der Waals surface area contributed by atoms with Gasteiger partial charge in [0.15, 0.2) is 0 Å². The Morgan fingerprint density at radius 3 is 2.71 bits per heavy atom. The maximum Gasteiger partial charge on any atom is 0.318 e. The standard InChI is InChI=1S/C34H52N4O3/c1-5-41-32-35-17-14-30(36-32)37-18-20-38(21-19-37)31(40)11-6-23(2)27-9-10-28-26-8-7-24-22-25(39)12-15-33(24,3)29(26)13-16-34(27,28)4/h7,14,17,23,25-29,39H,5-6,8-13,15-16,18-22H2,1-4H3/t23-,25+,26+,27-,28+,29+,33+,34-/m1/s1. The SMILES string of the molecule is CCOc1nccc(N2CCN(C(=O)CC[C@@H](C)[C@H]3CC[C@H]4[C@@H]5CC=C6C[C@@H](O)CC[C@]6(C)[C@H]5CC[C@]34C)CC2)n1. The lowest BCUT2D eigenvalue weighted by Crippen LogP contribution is -2.51. The van der Waals surface area contributed by atoms with E-state index in [1.54, 1.807) is 11.8 Å².